The number of likely N-dealkylation sites (N-methyl/N-ethyl adjacent to an activating group) is 1. The van der Waals surface area contributed by atoms with Crippen molar-refractivity contribution >= 4 is 0 Å². The number of hydrogen-bond acceptors (Lipinski definition) is 2. The molecule has 0 saturated heterocycles. The number of nitriles is 1. The molecule has 2 aromatic rings. The van der Waals surface area contributed by atoms with Gasteiger partial charge in [-0.3, -0.25) is 0 Å². The molecule has 0 amide bonds. The van der Waals surface area contributed by atoms with Gasteiger partial charge in [0.1, 0.15) is 0 Å². The molecule has 27 heavy (non-hydrogen) atoms. The van der Waals surface area contributed by atoms with Crippen LogP contribution in [0.15, 0.2) is 48.5 Å². The molecule has 1 aliphatic carbocycles. The molecule has 0 aromatic heterocycles. The maximum Gasteiger partial charge on any atom is 0.0716 e. The average Bonchev–Trinajstić information content (AvgIpc) is 2.70. The van der Waals surface area contributed by atoms with Crippen LogP contribution in [-0.2, 0) is 12.8 Å². The first-order valence-corrected chi connectivity index (χ1v) is 10.4. The van der Waals surface area contributed by atoms with Crippen LogP contribution in [0.25, 0.3) is 0 Å². The van der Waals surface area contributed by atoms with Crippen molar-refractivity contribution in [1.82, 2.24) is 4.90 Å². The van der Waals surface area contributed by atoms with Gasteiger partial charge in [0.25, 0.3) is 0 Å². The predicted molar refractivity (Wildman–Crippen MR) is 113 cm³/mol. The van der Waals surface area contributed by atoms with E-state index in [9.17, 15) is 5.26 Å². The molecule has 0 N–H and O–H groups in total. The molecule has 0 fully saturated rings. The summed E-state index contributed by atoms with van der Waals surface area (Å²) in [6.45, 7) is 5.48. The maximum absolute atomic E-state index is 9.75. The van der Waals surface area contributed by atoms with E-state index in [4.69, 9.17) is 0 Å². The van der Waals surface area contributed by atoms with Gasteiger partial charge in [0, 0.05) is 6.04 Å². The zero-order chi connectivity index (χ0) is 19.2. The van der Waals surface area contributed by atoms with Crippen LogP contribution >= 0.6 is 0 Å². The monoisotopic (exact) mass is 360 g/mol. The quantitative estimate of drug-likeness (QED) is 0.634. The first-order valence-electron chi connectivity index (χ1n) is 10.4. The lowest BCUT2D eigenvalue weighted by Gasteiger charge is -2.32. The predicted octanol–water partition coefficient (Wildman–Crippen LogP) is 5.69. The van der Waals surface area contributed by atoms with Crippen molar-refractivity contribution in [2.45, 2.75) is 63.8 Å². The van der Waals surface area contributed by atoms with Gasteiger partial charge < -0.3 is 4.90 Å². The third-order valence-electron chi connectivity index (χ3n) is 6.10. The summed E-state index contributed by atoms with van der Waals surface area (Å²) in [5.74, 6) is 0.464. The topological polar surface area (TPSA) is 27.0 Å². The van der Waals surface area contributed by atoms with Crippen LogP contribution in [0.1, 0.15) is 67.2 Å². The Kier molecular flexibility index (Phi) is 6.69. The number of aryl methyl sites for hydroxylation is 1. The second-order valence-corrected chi connectivity index (χ2v) is 8.25. The Bertz CT molecular complexity index is 787. The summed E-state index contributed by atoms with van der Waals surface area (Å²) in [6, 6.07) is 20.5. The Hall–Kier alpha value is -2.11. The number of hydrogen-bond donors (Lipinski definition) is 0. The minimum atomic E-state index is 0.00378. The molecule has 0 saturated carbocycles. The molecule has 1 unspecified atom stereocenters. The highest BCUT2D eigenvalue weighted by Gasteiger charge is 2.22. The fourth-order valence-corrected chi connectivity index (χ4v) is 4.43. The van der Waals surface area contributed by atoms with Gasteiger partial charge in [0.2, 0.25) is 0 Å². The Labute approximate surface area is 164 Å². The van der Waals surface area contributed by atoms with Crippen LogP contribution in [0.5, 0.6) is 0 Å². The van der Waals surface area contributed by atoms with Crippen molar-refractivity contribution in [3.05, 3.63) is 70.8 Å². The second kappa shape index (κ2) is 9.20. The fraction of sp³-hybridized carbons (Fsp3) is 0.480. The van der Waals surface area contributed by atoms with Crippen LogP contribution in [0.4, 0.5) is 0 Å². The zero-order valence-electron chi connectivity index (χ0n) is 17.0. The Morgan fingerprint density at radius 3 is 2.41 bits per heavy atom. The molecule has 142 valence electrons. The molecule has 2 heteroatoms. The largest absolute Gasteiger partial charge is 0.303 e. The second-order valence-electron chi connectivity index (χ2n) is 8.25. The van der Waals surface area contributed by atoms with Crippen LogP contribution in [0, 0.1) is 11.3 Å². The number of benzene rings is 2. The van der Waals surface area contributed by atoms with Gasteiger partial charge in [-0.05, 0) is 73.9 Å². The Balaban J connectivity index is 1.55. The third-order valence-corrected chi connectivity index (χ3v) is 6.10. The van der Waals surface area contributed by atoms with Crippen molar-refractivity contribution < 1.29 is 0 Å². The average molecular weight is 361 g/mol. The van der Waals surface area contributed by atoms with E-state index in [1.807, 2.05) is 0 Å². The van der Waals surface area contributed by atoms with Gasteiger partial charge in [-0.2, -0.15) is 5.26 Å². The zero-order valence-corrected chi connectivity index (χ0v) is 17.0. The summed E-state index contributed by atoms with van der Waals surface area (Å²) in [4.78, 5) is 2.51. The highest BCUT2D eigenvalue weighted by atomic mass is 15.1. The van der Waals surface area contributed by atoms with E-state index in [-0.39, 0.29) is 5.92 Å². The van der Waals surface area contributed by atoms with Crippen molar-refractivity contribution in [3.8, 4) is 6.07 Å². The highest BCUT2D eigenvalue weighted by Crippen LogP contribution is 2.29. The van der Waals surface area contributed by atoms with Gasteiger partial charge in [-0.25, -0.2) is 0 Å². The Morgan fingerprint density at radius 2 is 1.70 bits per heavy atom. The van der Waals surface area contributed by atoms with Gasteiger partial charge in [-0.15, -0.1) is 0 Å². The number of rotatable bonds is 7. The Morgan fingerprint density at radius 1 is 1.04 bits per heavy atom. The number of fused-ring (bicyclic) bond motifs is 1. The summed E-state index contributed by atoms with van der Waals surface area (Å²) in [5, 5.41) is 9.75. The van der Waals surface area contributed by atoms with Crippen molar-refractivity contribution in [3.63, 3.8) is 0 Å². The van der Waals surface area contributed by atoms with Gasteiger partial charge >= 0.3 is 0 Å². The fourth-order valence-electron chi connectivity index (χ4n) is 4.43. The number of nitrogens with zero attached hydrogens (tertiary/aromatic N) is 2. The molecule has 2 aromatic carbocycles. The minimum Gasteiger partial charge on any atom is -0.303 e. The standard InChI is InChI=1S/C25H32N2/c1-19(2)24-12-6-7-13-25(24)22(18-26)11-8-16-27(3)23-15-14-20-9-4-5-10-21(20)17-23/h4-7,9-10,12-13,19,22-23H,8,11,14-17H2,1-3H3/t22?,23-/m0/s1. The van der Waals surface area contributed by atoms with E-state index in [0.29, 0.717) is 12.0 Å². The first-order chi connectivity index (χ1) is 13.1. The summed E-state index contributed by atoms with van der Waals surface area (Å²) in [5.41, 5.74) is 5.59. The van der Waals surface area contributed by atoms with Gasteiger partial charge in [0.15, 0.2) is 0 Å². The molecule has 0 heterocycles. The highest BCUT2D eigenvalue weighted by molar-refractivity contribution is 5.35. The van der Waals surface area contributed by atoms with Gasteiger partial charge in [-0.1, -0.05) is 62.4 Å². The molecule has 3 rings (SSSR count). The third kappa shape index (κ3) is 4.79. The molecule has 0 aliphatic heterocycles. The molecular weight excluding hydrogens is 328 g/mol. The van der Waals surface area contributed by atoms with Crippen LogP contribution in [0.3, 0.4) is 0 Å². The molecule has 0 spiro atoms. The normalized spacial score (nSPS) is 17.6. The van der Waals surface area contributed by atoms with Crippen molar-refractivity contribution in [2.24, 2.45) is 0 Å². The van der Waals surface area contributed by atoms with E-state index < -0.39 is 0 Å². The molecule has 0 radical (unpaired) electrons. The van der Waals surface area contributed by atoms with Gasteiger partial charge in [0.05, 0.1) is 12.0 Å². The summed E-state index contributed by atoms with van der Waals surface area (Å²) < 4.78 is 0. The van der Waals surface area contributed by atoms with Crippen LogP contribution in [-0.4, -0.2) is 24.5 Å². The van der Waals surface area contributed by atoms with E-state index in [2.05, 4.69) is 80.4 Å². The van der Waals surface area contributed by atoms with Crippen molar-refractivity contribution in [1.29, 1.82) is 5.26 Å². The van der Waals surface area contributed by atoms with Crippen LogP contribution < -0.4 is 0 Å². The van der Waals surface area contributed by atoms with E-state index in [1.54, 1.807) is 0 Å². The lowest BCUT2D eigenvalue weighted by Crippen LogP contribution is -2.37. The van der Waals surface area contributed by atoms with E-state index >= 15 is 0 Å². The molecule has 2 nitrogen and oxygen atoms in total. The lowest BCUT2D eigenvalue weighted by molar-refractivity contribution is 0.217. The molecular formula is C25H32N2. The molecule has 1 aliphatic rings. The van der Waals surface area contributed by atoms with E-state index in [1.165, 1.54) is 35.1 Å². The summed E-state index contributed by atoms with van der Waals surface area (Å²) in [7, 11) is 2.25. The summed E-state index contributed by atoms with van der Waals surface area (Å²) in [6.07, 6.45) is 5.59. The first kappa shape index (κ1) is 19.6. The molecule has 0 bridgehead atoms. The van der Waals surface area contributed by atoms with Crippen molar-refractivity contribution in [2.75, 3.05) is 13.6 Å². The SMILES string of the molecule is CC(C)c1ccccc1C(C#N)CCCN(C)[C@H]1CCc2ccccc2C1. The smallest absolute Gasteiger partial charge is 0.0716 e. The lowest BCUT2D eigenvalue weighted by atomic mass is 9.86. The maximum atomic E-state index is 9.75. The molecule has 2 atom stereocenters. The van der Waals surface area contributed by atoms with Crippen LogP contribution in [0.2, 0.25) is 0 Å². The minimum absolute atomic E-state index is 0.00378. The van der Waals surface area contributed by atoms with E-state index in [0.717, 1.165) is 25.8 Å². The summed E-state index contributed by atoms with van der Waals surface area (Å²) >= 11 is 0.